The standard InChI is InChI=1S/C12H19N3O2/c1-12(2)5-4-7-15(9(12)10(16)17)11-13-6-8-14(11)3/h6,8-9H,4-5,7H2,1-3H3,(H,16,17). The largest absolute Gasteiger partial charge is 0.480 e. The Balaban J connectivity index is 2.38. The van der Waals surface area contributed by atoms with E-state index in [1.54, 1.807) is 6.20 Å². The highest BCUT2D eigenvalue weighted by atomic mass is 16.4. The van der Waals surface area contributed by atoms with E-state index < -0.39 is 12.0 Å². The Kier molecular flexibility index (Phi) is 2.85. The number of hydrogen-bond acceptors (Lipinski definition) is 3. The van der Waals surface area contributed by atoms with E-state index in [4.69, 9.17) is 0 Å². The molecule has 2 rings (SSSR count). The van der Waals surface area contributed by atoms with Gasteiger partial charge in [0.15, 0.2) is 0 Å². The fraction of sp³-hybridized carbons (Fsp3) is 0.667. The van der Waals surface area contributed by atoms with Crippen molar-refractivity contribution in [1.82, 2.24) is 9.55 Å². The van der Waals surface area contributed by atoms with E-state index >= 15 is 0 Å². The van der Waals surface area contributed by atoms with Gasteiger partial charge in [0.2, 0.25) is 5.95 Å². The van der Waals surface area contributed by atoms with E-state index in [-0.39, 0.29) is 5.41 Å². The lowest BCUT2D eigenvalue weighted by Gasteiger charge is -2.44. The minimum absolute atomic E-state index is 0.226. The van der Waals surface area contributed by atoms with Crippen molar-refractivity contribution in [3.05, 3.63) is 12.4 Å². The van der Waals surface area contributed by atoms with E-state index in [2.05, 4.69) is 4.98 Å². The smallest absolute Gasteiger partial charge is 0.326 e. The topological polar surface area (TPSA) is 58.4 Å². The van der Waals surface area contributed by atoms with Crippen LogP contribution in [0, 0.1) is 5.41 Å². The van der Waals surface area contributed by atoms with Gasteiger partial charge in [0.1, 0.15) is 6.04 Å². The summed E-state index contributed by atoms with van der Waals surface area (Å²) < 4.78 is 1.87. The fourth-order valence-electron chi connectivity index (χ4n) is 2.71. The summed E-state index contributed by atoms with van der Waals surface area (Å²) in [6.07, 6.45) is 5.49. The van der Waals surface area contributed by atoms with Gasteiger partial charge in [-0.2, -0.15) is 0 Å². The molecule has 1 aliphatic rings. The van der Waals surface area contributed by atoms with Crippen molar-refractivity contribution in [1.29, 1.82) is 0 Å². The number of imidazole rings is 1. The maximum absolute atomic E-state index is 11.5. The molecule has 1 fully saturated rings. The number of carboxylic acids is 1. The summed E-state index contributed by atoms with van der Waals surface area (Å²) in [5, 5.41) is 9.46. The minimum atomic E-state index is -0.766. The number of anilines is 1. The van der Waals surface area contributed by atoms with Crippen LogP contribution in [0.4, 0.5) is 5.95 Å². The van der Waals surface area contributed by atoms with Gasteiger partial charge in [-0.05, 0) is 18.3 Å². The summed E-state index contributed by atoms with van der Waals surface area (Å²) in [5.41, 5.74) is -0.226. The van der Waals surface area contributed by atoms with Gasteiger partial charge in [-0.15, -0.1) is 0 Å². The average molecular weight is 237 g/mol. The van der Waals surface area contributed by atoms with Crippen LogP contribution in [-0.2, 0) is 11.8 Å². The molecule has 2 heterocycles. The molecule has 0 radical (unpaired) electrons. The molecule has 0 aliphatic carbocycles. The third-order valence-electron chi connectivity index (χ3n) is 3.56. The van der Waals surface area contributed by atoms with E-state index in [0.717, 1.165) is 25.3 Å². The molecule has 1 aromatic heterocycles. The summed E-state index contributed by atoms with van der Waals surface area (Å²) >= 11 is 0. The highest BCUT2D eigenvalue weighted by molar-refractivity contribution is 5.78. The van der Waals surface area contributed by atoms with Crippen LogP contribution in [0.2, 0.25) is 0 Å². The number of aryl methyl sites for hydroxylation is 1. The molecule has 0 amide bonds. The average Bonchev–Trinajstić information content (AvgIpc) is 2.61. The molecule has 0 bridgehead atoms. The number of nitrogens with zero attached hydrogens (tertiary/aromatic N) is 3. The summed E-state index contributed by atoms with van der Waals surface area (Å²) in [4.78, 5) is 17.7. The highest BCUT2D eigenvalue weighted by Gasteiger charge is 2.43. The number of hydrogen-bond donors (Lipinski definition) is 1. The van der Waals surface area contributed by atoms with Crippen LogP contribution < -0.4 is 4.90 Å². The molecular formula is C12H19N3O2. The minimum Gasteiger partial charge on any atom is -0.480 e. The first-order valence-corrected chi connectivity index (χ1v) is 5.90. The second kappa shape index (κ2) is 4.05. The number of carboxylic acid groups (broad SMARTS) is 1. The molecular weight excluding hydrogens is 218 g/mol. The Morgan fingerprint density at radius 3 is 2.82 bits per heavy atom. The summed E-state index contributed by atoms with van der Waals surface area (Å²) in [5.74, 6) is -0.0251. The van der Waals surface area contributed by atoms with Crippen LogP contribution in [0.25, 0.3) is 0 Å². The van der Waals surface area contributed by atoms with Gasteiger partial charge in [0.05, 0.1) is 0 Å². The molecule has 1 N–H and O–H groups in total. The first-order valence-electron chi connectivity index (χ1n) is 5.90. The summed E-state index contributed by atoms with van der Waals surface area (Å²) in [6, 6.07) is -0.502. The van der Waals surface area contributed by atoms with Crippen LogP contribution in [0.1, 0.15) is 26.7 Å². The Hall–Kier alpha value is -1.52. The van der Waals surface area contributed by atoms with Crippen LogP contribution in [0.5, 0.6) is 0 Å². The summed E-state index contributed by atoms with van der Waals surface area (Å²) in [6.45, 7) is 4.78. The second-order valence-electron chi connectivity index (χ2n) is 5.36. The Labute approximate surface area is 101 Å². The zero-order chi connectivity index (χ0) is 12.6. The van der Waals surface area contributed by atoms with Crippen molar-refractivity contribution < 1.29 is 9.90 Å². The van der Waals surface area contributed by atoms with Gasteiger partial charge < -0.3 is 14.6 Å². The third-order valence-corrected chi connectivity index (χ3v) is 3.56. The predicted octanol–water partition coefficient (Wildman–Crippen LogP) is 1.50. The maximum atomic E-state index is 11.5. The molecule has 1 aliphatic heterocycles. The predicted molar refractivity (Wildman–Crippen MR) is 65.0 cm³/mol. The van der Waals surface area contributed by atoms with Crippen LogP contribution >= 0.6 is 0 Å². The Bertz CT molecular complexity index is 425. The maximum Gasteiger partial charge on any atom is 0.326 e. The molecule has 94 valence electrons. The Morgan fingerprint density at radius 1 is 1.59 bits per heavy atom. The van der Waals surface area contributed by atoms with Gasteiger partial charge in [-0.3, -0.25) is 0 Å². The van der Waals surface area contributed by atoms with E-state index in [1.807, 2.05) is 36.6 Å². The third kappa shape index (κ3) is 2.01. The zero-order valence-electron chi connectivity index (χ0n) is 10.6. The van der Waals surface area contributed by atoms with Gasteiger partial charge >= 0.3 is 5.97 Å². The molecule has 17 heavy (non-hydrogen) atoms. The first-order chi connectivity index (χ1) is 7.93. The Morgan fingerprint density at radius 2 is 2.29 bits per heavy atom. The SMILES string of the molecule is Cn1ccnc1N1CCCC(C)(C)C1C(=O)O. The van der Waals surface area contributed by atoms with Crippen molar-refractivity contribution in [3.8, 4) is 0 Å². The van der Waals surface area contributed by atoms with Crippen LogP contribution in [0.3, 0.4) is 0 Å². The van der Waals surface area contributed by atoms with Crippen molar-refractivity contribution >= 4 is 11.9 Å². The molecule has 0 spiro atoms. The monoisotopic (exact) mass is 237 g/mol. The number of aromatic nitrogens is 2. The van der Waals surface area contributed by atoms with Crippen molar-refractivity contribution in [2.75, 3.05) is 11.4 Å². The van der Waals surface area contributed by atoms with Crippen LogP contribution in [0.15, 0.2) is 12.4 Å². The summed E-state index contributed by atoms with van der Waals surface area (Å²) in [7, 11) is 1.89. The molecule has 0 aromatic carbocycles. The van der Waals surface area contributed by atoms with Crippen molar-refractivity contribution in [2.24, 2.45) is 12.5 Å². The lowest BCUT2D eigenvalue weighted by Crippen LogP contribution is -2.55. The molecule has 1 aromatic rings. The number of piperidine rings is 1. The van der Waals surface area contributed by atoms with Gasteiger partial charge in [0, 0.05) is 26.0 Å². The normalized spacial score (nSPS) is 23.7. The molecule has 1 unspecified atom stereocenters. The number of rotatable bonds is 2. The van der Waals surface area contributed by atoms with Gasteiger partial charge in [0.25, 0.3) is 0 Å². The highest BCUT2D eigenvalue weighted by Crippen LogP contribution is 2.37. The molecule has 0 saturated carbocycles. The number of aliphatic carboxylic acids is 1. The lowest BCUT2D eigenvalue weighted by atomic mass is 9.76. The molecule has 1 saturated heterocycles. The van der Waals surface area contributed by atoms with E-state index in [9.17, 15) is 9.90 Å². The van der Waals surface area contributed by atoms with Crippen molar-refractivity contribution in [2.45, 2.75) is 32.7 Å². The quantitative estimate of drug-likeness (QED) is 0.846. The van der Waals surface area contributed by atoms with Gasteiger partial charge in [-0.1, -0.05) is 13.8 Å². The zero-order valence-corrected chi connectivity index (χ0v) is 10.6. The van der Waals surface area contributed by atoms with E-state index in [0.29, 0.717) is 0 Å². The van der Waals surface area contributed by atoms with Crippen molar-refractivity contribution in [3.63, 3.8) is 0 Å². The molecule has 5 heteroatoms. The lowest BCUT2D eigenvalue weighted by molar-refractivity contribution is -0.142. The molecule has 1 atom stereocenters. The first kappa shape index (κ1) is 12.0. The number of carbonyl (C=O) groups is 1. The second-order valence-corrected chi connectivity index (χ2v) is 5.36. The molecule has 5 nitrogen and oxygen atoms in total. The fourth-order valence-corrected chi connectivity index (χ4v) is 2.71. The van der Waals surface area contributed by atoms with Crippen LogP contribution in [-0.4, -0.2) is 33.2 Å². The van der Waals surface area contributed by atoms with E-state index in [1.165, 1.54) is 0 Å². The van der Waals surface area contributed by atoms with Gasteiger partial charge in [-0.25, -0.2) is 9.78 Å².